The molecule has 0 bridgehead atoms. The fraction of sp³-hybridized carbons (Fsp3) is 0.286. The lowest BCUT2D eigenvalue weighted by Crippen LogP contribution is -2.33. The summed E-state index contributed by atoms with van der Waals surface area (Å²) in [6, 6.07) is 9.74. The van der Waals surface area contributed by atoms with Crippen LogP contribution < -0.4 is 10.2 Å². The smallest absolute Gasteiger partial charge is 0.294 e. The summed E-state index contributed by atoms with van der Waals surface area (Å²) in [7, 11) is 1.86. The Morgan fingerprint density at radius 2 is 2.16 bits per heavy atom. The minimum atomic E-state index is -0.122. The van der Waals surface area contributed by atoms with Crippen molar-refractivity contribution in [3.8, 4) is 0 Å². The van der Waals surface area contributed by atoms with Crippen molar-refractivity contribution < 1.29 is 4.79 Å². The van der Waals surface area contributed by atoms with E-state index >= 15 is 0 Å². The number of hydrogen-bond donors (Lipinski definition) is 1. The van der Waals surface area contributed by atoms with Gasteiger partial charge in [-0.25, -0.2) is 4.79 Å². The van der Waals surface area contributed by atoms with Crippen LogP contribution in [0.25, 0.3) is 0 Å². The van der Waals surface area contributed by atoms with E-state index in [1.807, 2.05) is 38.2 Å². The molecule has 1 aromatic heterocycles. The Bertz CT molecular complexity index is 613. The van der Waals surface area contributed by atoms with Gasteiger partial charge in [0.25, 0.3) is 0 Å². The van der Waals surface area contributed by atoms with Crippen LogP contribution in [-0.4, -0.2) is 22.4 Å². The number of fused-ring (bicyclic) bond motifs is 1. The third-order valence-electron chi connectivity index (χ3n) is 3.48. The Kier molecular flexibility index (Phi) is 2.74. The molecule has 3 rings (SSSR count). The molecule has 0 fully saturated rings. The second-order valence-corrected chi connectivity index (χ2v) is 4.76. The normalized spacial score (nSPS) is 13.5. The number of anilines is 2. The summed E-state index contributed by atoms with van der Waals surface area (Å²) < 4.78 is 1.74. The fourth-order valence-electron chi connectivity index (χ4n) is 2.35. The van der Waals surface area contributed by atoms with Crippen molar-refractivity contribution in [3.05, 3.63) is 41.6 Å². The zero-order chi connectivity index (χ0) is 13.4. The predicted molar refractivity (Wildman–Crippen MR) is 74.5 cm³/mol. The van der Waals surface area contributed by atoms with Crippen LogP contribution in [0.2, 0.25) is 0 Å². The maximum Gasteiger partial charge on any atom is 0.327 e. The van der Waals surface area contributed by atoms with E-state index in [0.29, 0.717) is 5.82 Å². The summed E-state index contributed by atoms with van der Waals surface area (Å²) in [4.78, 5) is 14.0. The van der Waals surface area contributed by atoms with Crippen LogP contribution in [0.3, 0.4) is 0 Å². The second kappa shape index (κ2) is 4.42. The lowest BCUT2D eigenvalue weighted by Gasteiger charge is -2.16. The van der Waals surface area contributed by atoms with E-state index < -0.39 is 0 Å². The molecule has 0 aliphatic carbocycles. The first-order valence-corrected chi connectivity index (χ1v) is 6.32. The lowest BCUT2D eigenvalue weighted by atomic mass is 10.2. The van der Waals surface area contributed by atoms with E-state index in [9.17, 15) is 4.79 Å². The molecular weight excluding hydrogens is 240 g/mol. The topological polar surface area (TPSA) is 50.2 Å². The van der Waals surface area contributed by atoms with E-state index in [-0.39, 0.29) is 6.03 Å². The second-order valence-electron chi connectivity index (χ2n) is 4.76. The van der Waals surface area contributed by atoms with Crippen molar-refractivity contribution in [2.45, 2.75) is 13.3 Å². The molecule has 5 heteroatoms. The van der Waals surface area contributed by atoms with E-state index in [1.165, 1.54) is 5.56 Å². The number of aromatic nitrogens is 2. The maximum absolute atomic E-state index is 12.3. The number of para-hydroxylation sites is 1. The summed E-state index contributed by atoms with van der Waals surface area (Å²) in [6.07, 6.45) is 0.908. The van der Waals surface area contributed by atoms with Crippen molar-refractivity contribution >= 4 is 17.5 Å². The largest absolute Gasteiger partial charge is 0.327 e. The highest BCUT2D eigenvalue weighted by molar-refractivity contribution is 6.02. The summed E-state index contributed by atoms with van der Waals surface area (Å²) in [6.45, 7) is 2.67. The number of nitrogens with one attached hydrogen (secondary N) is 1. The molecule has 1 aromatic carbocycles. The van der Waals surface area contributed by atoms with Gasteiger partial charge in [-0.15, -0.1) is 0 Å². The number of hydrogen-bond acceptors (Lipinski definition) is 2. The molecule has 0 spiro atoms. The number of urea groups is 1. The SMILES string of the molecule is Cc1cc(NC(=O)N2CCc3ccccc32)nn1C. The summed E-state index contributed by atoms with van der Waals surface area (Å²) in [5, 5.41) is 7.08. The molecule has 0 unspecified atom stereocenters. The van der Waals surface area contributed by atoms with E-state index in [2.05, 4.69) is 16.5 Å². The Morgan fingerprint density at radius 3 is 2.89 bits per heavy atom. The van der Waals surface area contributed by atoms with Crippen LogP contribution in [0.15, 0.2) is 30.3 Å². The van der Waals surface area contributed by atoms with Gasteiger partial charge in [-0.05, 0) is 25.0 Å². The number of nitrogens with zero attached hydrogens (tertiary/aromatic N) is 3. The first-order chi connectivity index (χ1) is 9.15. The van der Waals surface area contributed by atoms with Crippen molar-refractivity contribution in [3.63, 3.8) is 0 Å². The van der Waals surface area contributed by atoms with Gasteiger partial charge in [0, 0.05) is 31.0 Å². The Balaban J connectivity index is 1.79. The monoisotopic (exact) mass is 256 g/mol. The molecule has 1 N–H and O–H groups in total. The standard InChI is InChI=1S/C14H16N4O/c1-10-9-13(16-17(10)2)15-14(19)18-8-7-11-5-3-4-6-12(11)18/h3-6,9H,7-8H2,1-2H3,(H,15,16,19). The summed E-state index contributed by atoms with van der Waals surface area (Å²) in [5.41, 5.74) is 3.22. The molecule has 1 aliphatic heterocycles. The van der Waals surface area contributed by atoms with Crippen molar-refractivity contribution in [1.82, 2.24) is 9.78 Å². The minimum absolute atomic E-state index is 0.122. The molecule has 1 aliphatic rings. The van der Waals surface area contributed by atoms with Gasteiger partial charge in [-0.2, -0.15) is 5.10 Å². The highest BCUT2D eigenvalue weighted by Crippen LogP contribution is 2.27. The van der Waals surface area contributed by atoms with Crippen molar-refractivity contribution in [2.75, 3.05) is 16.8 Å². The molecule has 2 heterocycles. The number of carbonyl (C=O) groups excluding carboxylic acids is 1. The number of rotatable bonds is 1. The molecule has 0 saturated heterocycles. The molecule has 19 heavy (non-hydrogen) atoms. The predicted octanol–water partition coefficient (Wildman–Crippen LogP) is 2.32. The van der Waals surface area contributed by atoms with Crippen molar-refractivity contribution in [1.29, 1.82) is 0 Å². The zero-order valence-electron chi connectivity index (χ0n) is 11.1. The van der Waals surface area contributed by atoms with Crippen LogP contribution >= 0.6 is 0 Å². The van der Waals surface area contributed by atoms with Gasteiger partial charge in [-0.1, -0.05) is 18.2 Å². The molecule has 2 aromatic rings. The minimum Gasteiger partial charge on any atom is -0.294 e. The van der Waals surface area contributed by atoms with E-state index in [1.54, 1.807) is 9.58 Å². The zero-order valence-corrected chi connectivity index (χ0v) is 11.1. The highest BCUT2D eigenvalue weighted by atomic mass is 16.2. The first-order valence-electron chi connectivity index (χ1n) is 6.32. The molecule has 98 valence electrons. The molecular formula is C14H16N4O. The van der Waals surface area contributed by atoms with Crippen LogP contribution in [-0.2, 0) is 13.5 Å². The van der Waals surface area contributed by atoms with Crippen LogP contribution in [0.4, 0.5) is 16.3 Å². The quantitative estimate of drug-likeness (QED) is 0.851. The van der Waals surface area contributed by atoms with Crippen LogP contribution in [0, 0.1) is 6.92 Å². The summed E-state index contributed by atoms with van der Waals surface area (Å²) in [5.74, 6) is 0.592. The van der Waals surface area contributed by atoms with Crippen molar-refractivity contribution in [2.24, 2.45) is 7.05 Å². The Labute approximate surface area is 111 Å². The first kappa shape index (κ1) is 11.8. The molecule has 0 atom stereocenters. The van der Waals surface area contributed by atoms with Gasteiger partial charge in [-0.3, -0.25) is 14.9 Å². The van der Waals surface area contributed by atoms with E-state index in [4.69, 9.17) is 0 Å². The van der Waals surface area contributed by atoms with Crippen LogP contribution in [0.5, 0.6) is 0 Å². The van der Waals surface area contributed by atoms with E-state index in [0.717, 1.165) is 24.3 Å². The summed E-state index contributed by atoms with van der Waals surface area (Å²) >= 11 is 0. The third-order valence-corrected chi connectivity index (χ3v) is 3.48. The highest BCUT2D eigenvalue weighted by Gasteiger charge is 2.24. The van der Waals surface area contributed by atoms with Gasteiger partial charge in [0.05, 0.1) is 0 Å². The van der Waals surface area contributed by atoms with Gasteiger partial charge < -0.3 is 0 Å². The molecule has 0 radical (unpaired) electrons. The number of carbonyl (C=O) groups is 1. The maximum atomic E-state index is 12.3. The van der Waals surface area contributed by atoms with Gasteiger partial charge >= 0.3 is 6.03 Å². The van der Waals surface area contributed by atoms with Crippen LogP contribution in [0.1, 0.15) is 11.3 Å². The van der Waals surface area contributed by atoms with Gasteiger partial charge in [0.1, 0.15) is 0 Å². The number of benzene rings is 1. The Hall–Kier alpha value is -2.30. The third kappa shape index (κ3) is 2.07. The fourth-order valence-corrected chi connectivity index (χ4v) is 2.35. The number of amides is 2. The molecule has 5 nitrogen and oxygen atoms in total. The van der Waals surface area contributed by atoms with Gasteiger partial charge in [0.15, 0.2) is 5.82 Å². The van der Waals surface area contributed by atoms with Gasteiger partial charge in [0.2, 0.25) is 0 Å². The lowest BCUT2D eigenvalue weighted by molar-refractivity contribution is 0.257. The number of aryl methyl sites for hydroxylation is 2. The molecule has 0 saturated carbocycles. The average Bonchev–Trinajstić information content (AvgIpc) is 2.94. The molecule has 2 amide bonds. The Morgan fingerprint density at radius 1 is 1.37 bits per heavy atom. The average molecular weight is 256 g/mol.